The van der Waals surface area contributed by atoms with Crippen molar-refractivity contribution in [1.82, 2.24) is 9.88 Å². The maximum absolute atomic E-state index is 14.4. The summed E-state index contributed by atoms with van der Waals surface area (Å²) < 4.78 is 16.1. The number of carbonyl (C=O) groups excluding carboxylic acids is 4. The van der Waals surface area contributed by atoms with E-state index in [2.05, 4.69) is 5.32 Å². The van der Waals surface area contributed by atoms with Crippen molar-refractivity contribution in [3.63, 3.8) is 0 Å². The molecule has 0 radical (unpaired) electrons. The standard InChI is InChI=1S/C35H30N4O7S2/c1-44-22-12-10-21(11-13-22)26-20-48-30(36-26)18-39(31(40)19-38-27-8-5-4-7-24(27)33(41)35(38)43)32(29-9-6-16-47-29)34(42)37-25-15-14-23(45-2)17-28(25)46-3/h4-17,20,32H,18-19H2,1-3H3,(H,37,42). The highest BCUT2D eigenvalue weighted by atomic mass is 32.1. The summed E-state index contributed by atoms with van der Waals surface area (Å²) in [4.78, 5) is 62.4. The molecule has 3 amide bonds. The molecule has 0 aliphatic carbocycles. The molecule has 1 aliphatic heterocycles. The molecule has 1 unspecified atom stereocenters. The van der Waals surface area contributed by atoms with Gasteiger partial charge in [-0.1, -0.05) is 18.2 Å². The zero-order valence-corrected chi connectivity index (χ0v) is 27.8. The second-order valence-electron chi connectivity index (χ2n) is 10.6. The van der Waals surface area contributed by atoms with Gasteiger partial charge < -0.3 is 24.4 Å². The first-order chi connectivity index (χ1) is 23.3. The quantitative estimate of drug-likeness (QED) is 0.163. The first kappa shape index (κ1) is 32.4. The fourth-order valence-electron chi connectivity index (χ4n) is 5.35. The van der Waals surface area contributed by atoms with E-state index in [9.17, 15) is 19.2 Å². The Hall–Kier alpha value is -5.53. The van der Waals surface area contributed by atoms with Crippen molar-refractivity contribution in [2.45, 2.75) is 12.6 Å². The number of hydrogen-bond acceptors (Lipinski definition) is 10. The van der Waals surface area contributed by atoms with Crippen LogP contribution >= 0.6 is 22.7 Å². The lowest BCUT2D eigenvalue weighted by molar-refractivity contribution is -0.138. The molecule has 3 aromatic carbocycles. The van der Waals surface area contributed by atoms with Crippen molar-refractivity contribution in [3.05, 3.63) is 105 Å². The number of hydrogen-bond donors (Lipinski definition) is 1. The number of nitrogens with zero attached hydrogens (tertiary/aromatic N) is 3. The molecule has 2 aromatic heterocycles. The fourth-order valence-corrected chi connectivity index (χ4v) is 6.99. The second-order valence-corrected chi connectivity index (χ2v) is 12.5. The van der Waals surface area contributed by atoms with Crippen LogP contribution < -0.4 is 24.4 Å². The zero-order valence-electron chi connectivity index (χ0n) is 26.2. The van der Waals surface area contributed by atoms with Crippen LogP contribution in [-0.4, -0.2) is 61.3 Å². The number of fused-ring (bicyclic) bond motifs is 1. The van der Waals surface area contributed by atoms with E-state index >= 15 is 0 Å². The van der Waals surface area contributed by atoms with E-state index in [1.165, 1.54) is 41.8 Å². The molecule has 6 rings (SSSR count). The second kappa shape index (κ2) is 14.1. The molecule has 0 fully saturated rings. The van der Waals surface area contributed by atoms with Gasteiger partial charge in [-0.15, -0.1) is 22.7 Å². The van der Waals surface area contributed by atoms with E-state index in [1.54, 1.807) is 61.7 Å². The van der Waals surface area contributed by atoms with Gasteiger partial charge in [-0.25, -0.2) is 4.98 Å². The number of para-hydroxylation sites is 1. The maximum Gasteiger partial charge on any atom is 0.299 e. The van der Waals surface area contributed by atoms with Gasteiger partial charge in [-0.05, 0) is 60.0 Å². The third kappa shape index (κ3) is 6.50. The molecule has 48 heavy (non-hydrogen) atoms. The lowest BCUT2D eigenvalue weighted by atomic mass is 10.1. The Balaban J connectivity index is 1.37. The molecule has 0 saturated heterocycles. The number of methoxy groups -OCH3 is 3. The summed E-state index contributed by atoms with van der Waals surface area (Å²) in [5.41, 5.74) is 2.50. The fraction of sp³-hybridized carbons (Fsp3) is 0.171. The van der Waals surface area contributed by atoms with Gasteiger partial charge in [-0.3, -0.25) is 24.1 Å². The Morgan fingerprint density at radius 2 is 1.65 bits per heavy atom. The summed E-state index contributed by atoms with van der Waals surface area (Å²) >= 11 is 2.65. The van der Waals surface area contributed by atoms with E-state index in [1.807, 2.05) is 35.0 Å². The molecule has 11 nitrogen and oxygen atoms in total. The van der Waals surface area contributed by atoms with Crippen LogP contribution in [0.25, 0.3) is 11.3 Å². The molecule has 1 atom stereocenters. The minimum absolute atomic E-state index is 0.0486. The molecule has 1 N–H and O–H groups in total. The van der Waals surface area contributed by atoms with Crippen LogP contribution in [0.15, 0.2) is 89.6 Å². The molecule has 0 bridgehead atoms. The number of thiophene rings is 1. The van der Waals surface area contributed by atoms with E-state index in [-0.39, 0.29) is 12.1 Å². The highest BCUT2D eigenvalue weighted by molar-refractivity contribution is 7.10. The van der Waals surface area contributed by atoms with Gasteiger partial charge in [0.2, 0.25) is 5.91 Å². The Labute approximate surface area is 284 Å². The predicted molar refractivity (Wildman–Crippen MR) is 183 cm³/mol. The normalized spacial score (nSPS) is 12.8. The van der Waals surface area contributed by atoms with Crippen molar-refractivity contribution in [2.75, 3.05) is 38.1 Å². The Morgan fingerprint density at radius 3 is 2.35 bits per heavy atom. The summed E-state index contributed by atoms with van der Waals surface area (Å²) in [5, 5.41) is 7.18. The van der Waals surface area contributed by atoms with Gasteiger partial charge >= 0.3 is 0 Å². The molecule has 0 spiro atoms. The lowest BCUT2D eigenvalue weighted by Crippen LogP contribution is -2.46. The number of ketones is 1. The van der Waals surface area contributed by atoms with Crippen molar-refractivity contribution >= 4 is 57.6 Å². The van der Waals surface area contributed by atoms with Crippen LogP contribution in [0.5, 0.6) is 17.2 Å². The molecule has 5 aromatic rings. The Bertz CT molecular complexity index is 1970. The zero-order chi connectivity index (χ0) is 33.8. The van der Waals surface area contributed by atoms with Crippen LogP contribution in [0.2, 0.25) is 0 Å². The molecule has 0 saturated carbocycles. The van der Waals surface area contributed by atoms with E-state index in [0.29, 0.717) is 44.2 Å². The lowest BCUT2D eigenvalue weighted by Gasteiger charge is -2.31. The van der Waals surface area contributed by atoms with E-state index < -0.39 is 36.1 Å². The van der Waals surface area contributed by atoms with Gasteiger partial charge in [0.1, 0.15) is 34.8 Å². The third-order valence-corrected chi connectivity index (χ3v) is 9.53. The average Bonchev–Trinajstić information content (AvgIpc) is 3.87. The SMILES string of the molecule is COc1ccc(-c2csc(CN(C(=O)CN3C(=O)C(=O)c4ccccc43)C(C(=O)Nc3ccc(OC)cc3OC)c3cccs3)n2)cc1. The maximum atomic E-state index is 14.4. The van der Waals surface area contributed by atoms with Gasteiger partial charge in [0.25, 0.3) is 17.6 Å². The van der Waals surface area contributed by atoms with Crippen LogP contribution in [0, 0.1) is 0 Å². The summed E-state index contributed by atoms with van der Waals surface area (Å²) in [6.45, 7) is -0.508. The monoisotopic (exact) mass is 682 g/mol. The number of Topliss-reactive ketones (excluding diaryl/α,β-unsaturated/α-hetero) is 1. The molecule has 1 aliphatic rings. The number of nitrogens with one attached hydrogen (secondary N) is 1. The predicted octanol–water partition coefficient (Wildman–Crippen LogP) is 5.84. The molecule has 3 heterocycles. The minimum Gasteiger partial charge on any atom is -0.497 e. The largest absolute Gasteiger partial charge is 0.497 e. The smallest absolute Gasteiger partial charge is 0.299 e. The minimum atomic E-state index is -1.12. The Morgan fingerprint density at radius 1 is 0.896 bits per heavy atom. The number of benzene rings is 3. The summed E-state index contributed by atoms with van der Waals surface area (Å²) in [5.74, 6) is -0.936. The molecular weight excluding hydrogens is 653 g/mol. The molecular formula is C35H30N4O7S2. The number of ether oxygens (including phenoxy) is 3. The van der Waals surface area contributed by atoms with Crippen LogP contribution in [0.3, 0.4) is 0 Å². The summed E-state index contributed by atoms with van der Waals surface area (Å²) in [6.07, 6.45) is 0. The van der Waals surface area contributed by atoms with E-state index in [0.717, 1.165) is 10.5 Å². The highest BCUT2D eigenvalue weighted by Crippen LogP contribution is 2.35. The van der Waals surface area contributed by atoms with Crippen molar-refractivity contribution < 1.29 is 33.4 Å². The number of aromatic nitrogens is 1. The van der Waals surface area contributed by atoms with Gasteiger partial charge in [0.15, 0.2) is 0 Å². The van der Waals surface area contributed by atoms with Gasteiger partial charge in [-0.2, -0.15) is 0 Å². The molecule has 13 heteroatoms. The average molecular weight is 683 g/mol. The van der Waals surface area contributed by atoms with Crippen LogP contribution in [-0.2, 0) is 20.9 Å². The number of anilines is 2. The summed E-state index contributed by atoms with van der Waals surface area (Å²) in [6, 6.07) is 21.4. The van der Waals surface area contributed by atoms with Crippen LogP contribution in [0.1, 0.15) is 26.3 Å². The Kier molecular flexibility index (Phi) is 9.50. The van der Waals surface area contributed by atoms with Gasteiger partial charge in [0, 0.05) is 21.9 Å². The van der Waals surface area contributed by atoms with Crippen molar-refractivity contribution in [1.29, 1.82) is 0 Å². The first-order valence-corrected chi connectivity index (χ1v) is 16.5. The highest BCUT2D eigenvalue weighted by Gasteiger charge is 2.40. The first-order valence-electron chi connectivity index (χ1n) is 14.7. The third-order valence-electron chi connectivity index (χ3n) is 7.77. The van der Waals surface area contributed by atoms with Gasteiger partial charge in [0.05, 0.1) is 50.5 Å². The molecule has 244 valence electrons. The van der Waals surface area contributed by atoms with Crippen LogP contribution in [0.4, 0.5) is 11.4 Å². The number of rotatable bonds is 12. The number of carbonyl (C=O) groups is 4. The number of amides is 3. The summed E-state index contributed by atoms with van der Waals surface area (Å²) in [7, 11) is 4.60. The van der Waals surface area contributed by atoms with E-state index in [4.69, 9.17) is 19.2 Å². The van der Waals surface area contributed by atoms with Crippen molar-refractivity contribution in [2.24, 2.45) is 0 Å². The van der Waals surface area contributed by atoms with Crippen molar-refractivity contribution in [3.8, 4) is 28.5 Å². The topological polar surface area (TPSA) is 127 Å². The number of thiazole rings is 1.